The molecule has 2 N–H and O–H groups in total. The minimum Gasteiger partial charge on any atom is -0.314 e. The summed E-state index contributed by atoms with van der Waals surface area (Å²) in [6, 6.07) is 3.93. The Labute approximate surface area is 121 Å². The Balaban J connectivity index is 1.97. The minimum absolute atomic E-state index is 0.0632. The zero-order valence-electron chi connectivity index (χ0n) is 10.3. The average molecular weight is 351 g/mol. The van der Waals surface area contributed by atoms with Crippen LogP contribution in [0.3, 0.4) is 0 Å². The van der Waals surface area contributed by atoms with Gasteiger partial charge in [-0.25, -0.2) is 17.5 Å². The third-order valence-corrected chi connectivity index (χ3v) is 5.57. The molecule has 4 nitrogen and oxygen atoms in total. The van der Waals surface area contributed by atoms with Gasteiger partial charge in [0.1, 0.15) is 5.82 Å². The van der Waals surface area contributed by atoms with Crippen LogP contribution in [0.4, 0.5) is 4.39 Å². The fourth-order valence-electron chi connectivity index (χ4n) is 2.14. The zero-order valence-corrected chi connectivity index (χ0v) is 12.7. The summed E-state index contributed by atoms with van der Waals surface area (Å²) >= 11 is 3.07. The minimum atomic E-state index is -3.59. The summed E-state index contributed by atoms with van der Waals surface area (Å²) in [7, 11) is -3.59. The molecule has 0 radical (unpaired) electrons. The molecule has 19 heavy (non-hydrogen) atoms. The largest absolute Gasteiger partial charge is 0.314 e. The summed E-state index contributed by atoms with van der Waals surface area (Å²) in [5.74, 6) is -0.471. The average Bonchev–Trinajstić information content (AvgIpc) is 2.81. The van der Waals surface area contributed by atoms with E-state index in [9.17, 15) is 12.8 Å². The molecule has 0 aromatic heterocycles. The third kappa shape index (κ3) is 3.98. The standard InChI is InChI=1S/C12H16BrFN2O2S/c13-11-8-9(14)3-4-12(11)19(17,18)16-7-5-10-2-1-6-15-10/h3-4,8,10,15-16H,1-2,5-7H2/t10-/m0/s1. The second-order valence-electron chi connectivity index (χ2n) is 4.55. The summed E-state index contributed by atoms with van der Waals surface area (Å²) in [6.07, 6.45) is 2.99. The highest BCUT2D eigenvalue weighted by Crippen LogP contribution is 2.22. The van der Waals surface area contributed by atoms with Gasteiger partial charge in [0.05, 0.1) is 4.90 Å². The molecular formula is C12H16BrFN2O2S. The normalized spacial score (nSPS) is 19.8. The molecule has 0 amide bonds. The van der Waals surface area contributed by atoms with Crippen molar-refractivity contribution in [3.8, 4) is 0 Å². The van der Waals surface area contributed by atoms with Gasteiger partial charge in [0.25, 0.3) is 0 Å². The van der Waals surface area contributed by atoms with Crippen LogP contribution in [0, 0.1) is 5.82 Å². The Bertz CT molecular complexity index is 545. The lowest BCUT2D eigenvalue weighted by molar-refractivity contribution is 0.539. The van der Waals surface area contributed by atoms with Crippen LogP contribution in [0.1, 0.15) is 19.3 Å². The first-order valence-corrected chi connectivity index (χ1v) is 8.45. The monoisotopic (exact) mass is 350 g/mol. The van der Waals surface area contributed by atoms with E-state index in [0.717, 1.165) is 37.9 Å². The van der Waals surface area contributed by atoms with Crippen LogP contribution in [-0.4, -0.2) is 27.5 Å². The number of halogens is 2. The molecular weight excluding hydrogens is 335 g/mol. The van der Waals surface area contributed by atoms with E-state index in [1.165, 1.54) is 6.07 Å². The number of nitrogens with one attached hydrogen (secondary N) is 2. The highest BCUT2D eigenvalue weighted by Gasteiger charge is 2.19. The maximum Gasteiger partial charge on any atom is 0.241 e. The summed E-state index contributed by atoms with van der Waals surface area (Å²) in [4.78, 5) is 0.0632. The van der Waals surface area contributed by atoms with Crippen molar-refractivity contribution in [2.75, 3.05) is 13.1 Å². The molecule has 0 aliphatic carbocycles. The van der Waals surface area contributed by atoms with E-state index < -0.39 is 15.8 Å². The van der Waals surface area contributed by atoms with Gasteiger partial charge in [0.2, 0.25) is 10.0 Å². The van der Waals surface area contributed by atoms with E-state index in [4.69, 9.17) is 0 Å². The van der Waals surface area contributed by atoms with Crippen LogP contribution >= 0.6 is 15.9 Å². The fraction of sp³-hybridized carbons (Fsp3) is 0.500. The first-order valence-electron chi connectivity index (χ1n) is 6.17. The van der Waals surface area contributed by atoms with Gasteiger partial charge < -0.3 is 5.32 Å². The van der Waals surface area contributed by atoms with Crippen LogP contribution in [0.25, 0.3) is 0 Å². The highest BCUT2D eigenvalue weighted by molar-refractivity contribution is 9.10. The van der Waals surface area contributed by atoms with Gasteiger partial charge in [-0.2, -0.15) is 0 Å². The van der Waals surface area contributed by atoms with Crippen molar-refractivity contribution in [1.82, 2.24) is 10.0 Å². The van der Waals surface area contributed by atoms with Gasteiger partial charge in [0.15, 0.2) is 0 Å². The second kappa shape index (κ2) is 6.30. The lowest BCUT2D eigenvalue weighted by Gasteiger charge is -2.12. The van der Waals surface area contributed by atoms with Crippen molar-refractivity contribution in [2.45, 2.75) is 30.2 Å². The maximum absolute atomic E-state index is 12.9. The van der Waals surface area contributed by atoms with Crippen molar-refractivity contribution in [3.05, 3.63) is 28.5 Å². The molecule has 0 bridgehead atoms. The van der Waals surface area contributed by atoms with Crippen LogP contribution in [0.15, 0.2) is 27.6 Å². The van der Waals surface area contributed by atoms with Gasteiger partial charge in [-0.05, 0) is 59.9 Å². The van der Waals surface area contributed by atoms with Gasteiger partial charge in [-0.15, -0.1) is 0 Å². The first kappa shape index (κ1) is 14.9. The van der Waals surface area contributed by atoms with Crippen molar-refractivity contribution >= 4 is 26.0 Å². The maximum atomic E-state index is 12.9. The Morgan fingerprint density at radius 3 is 2.89 bits per heavy atom. The molecule has 2 rings (SSSR count). The molecule has 0 unspecified atom stereocenters. The van der Waals surface area contributed by atoms with Crippen molar-refractivity contribution in [3.63, 3.8) is 0 Å². The van der Waals surface area contributed by atoms with E-state index in [0.29, 0.717) is 12.6 Å². The molecule has 1 heterocycles. The molecule has 1 aliphatic rings. The third-order valence-electron chi connectivity index (χ3n) is 3.13. The summed E-state index contributed by atoms with van der Waals surface area (Å²) in [6.45, 7) is 1.38. The van der Waals surface area contributed by atoms with Gasteiger partial charge in [0, 0.05) is 17.1 Å². The van der Waals surface area contributed by atoms with E-state index in [2.05, 4.69) is 26.0 Å². The highest BCUT2D eigenvalue weighted by atomic mass is 79.9. The predicted molar refractivity (Wildman–Crippen MR) is 74.9 cm³/mol. The van der Waals surface area contributed by atoms with Gasteiger partial charge in [-0.1, -0.05) is 0 Å². The van der Waals surface area contributed by atoms with E-state index >= 15 is 0 Å². The Kier molecular flexibility index (Phi) is 4.94. The number of rotatable bonds is 5. The number of sulfonamides is 1. The Morgan fingerprint density at radius 2 is 2.26 bits per heavy atom. The number of benzene rings is 1. The summed E-state index contributed by atoms with van der Waals surface area (Å²) in [5.41, 5.74) is 0. The lowest BCUT2D eigenvalue weighted by Crippen LogP contribution is -2.30. The molecule has 0 saturated carbocycles. The molecule has 1 aliphatic heterocycles. The fourth-order valence-corrected chi connectivity index (χ4v) is 4.24. The zero-order chi connectivity index (χ0) is 13.9. The second-order valence-corrected chi connectivity index (χ2v) is 7.14. The molecule has 1 fully saturated rings. The van der Waals surface area contributed by atoms with Crippen LogP contribution < -0.4 is 10.0 Å². The van der Waals surface area contributed by atoms with Crippen molar-refractivity contribution in [2.24, 2.45) is 0 Å². The molecule has 0 spiro atoms. The Morgan fingerprint density at radius 1 is 1.47 bits per heavy atom. The van der Waals surface area contributed by atoms with E-state index in [-0.39, 0.29) is 9.37 Å². The number of hydrogen-bond acceptors (Lipinski definition) is 3. The lowest BCUT2D eigenvalue weighted by atomic mass is 10.2. The topological polar surface area (TPSA) is 58.2 Å². The molecule has 1 saturated heterocycles. The summed E-state index contributed by atoms with van der Waals surface area (Å²) < 4.78 is 39.8. The van der Waals surface area contributed by atoms with Gasteiger partial charge in [-0.3, -0.25) is 0 Å². The van der Waals surface area contributed by atoms with E-state index in [1.807, 2.05) is 0 Å². The predicted octanol–water partition coefficient (Wildman–Crippen LogP) is 2.01. The SMILES string of the molecule is O=S(=O)(NCC[C@@H]1CCCN1)c1ccc(F)cc1Br. The van der Waals surface area contributed by atoms with Crippen LogP contribution in [0.5, 0.6) is 0 Å². The molecule has 1 aromatic rings. The van der Waals surface area contributed by atoms with Crippen molar-refractivity contribution < 1.29 is 12.8 Å². The van der Waals surface area contributed by atoms with Crippen LogP contribution in [-0.2, 0) is 10.0 Å². The van der Waals surface area contributed by atoms with Crippen LogP contribution in [0.2, 0.25) is 0 Å². The Hall–Kier alpha value is -0.500. The quantitative estimate of drug-likeness (QED) is 0.853. The molecule has 106 valence electrons. The van der Waals surface area contributed by atoms with Gasteiger partial charge >= 0.3 is 0 Å². The number of hydrogen-bond donors (Lipinski definition) is 2. The molecule has 1 aromatic carbocycles. The van der Waals surface area contributed by atoms with E-state index in [1.54, 1.807) is 0 Å². The first-order chi connectivity index (χ1) is 8.99. The molecule has 7 heteroatoms. The molecule has 1 atom stereocenters. The smallest absolute Gasteiger partial charge is 0.241 e. The summed E-state index contributed by atoms with van der Waals surface area (Å²) in [5, 5.41) is 3.31. The van der Waals surface area contributed by atoms with Crippen molar-refractivity contribution in [1.29, 1.82) is 0 Å².